The van der Waals surface area contributed by atoms with Crippen LogP contribution in [0.25, 0.3) is 0 Å². The van der Waals surface area contributed by atoms with Crippen molar-refractivity contribution in [2.45, 2.75) is 13.0 Å². The van der Waals surface area contributed by atoms with Crippen LogP contribution in [0.1, 0.15) is 17.3 Å². The van der Waals surface area contributed by atoms with Gasteiger partial charge in [0.05, 0.1) is 5.56 Å². The predicted octanol–water partition coefficient (Wildman–Crippen LogP) is 3.36. The second-order valence-corrected chi connectivity index (χ2v) is 6.03. The van der Waals surface area contributed by atoms with Crippen LogP contribution >= 0.6 is 15.9 Å². The normalized spacial score (nSPS) is 13.2. The van der Waals surface area contributed by atoms with Crippen molar-refractivity contribution in [1.29, 1.82) is 0 Å². The molecule has 0 aliphatic carbocycles. The summed E-state index contributed by atoms with van der Waals surface area (Å²) in [4.78, 5) is 24.2. The fraction of sp³-hybridized carbons (Fsp3) is 0.176. The molecule has 1 N–H and O–H groups in total. The Bertz CT molecular complexity index is 775. The molecule has 7 heteroatoms. The molecule has 1 aliphatic rings. The highest BCUT2D eigenvalue weighted by Gasteiger charge is 2.20. The van der Waals surface area contributed by atoms with E-state index >= 15 is 0 Å². The Kier molecular flexibility index (Phi) is 4.71. The summed E-state index contributed by atoms with van der Waals surface area (Å²) >= 11 is 3.29. The summed E-state index contributed by atoms with van der Waals surface area (Å²) in [7, 11) is 0. The molecule has 0 unspecified atom stereocenters. The maximum absolute atomic E-state index is 12.2. The van der Waals surface area contributed by atoms with Crippen molar-refractivity contribution in [1.82, 2.24) is 0 Å². The molecule has 0 saturated heterocycles. The van der Waals surface area contributed by atoms with Gasteiger partial charge in [0.15, 0.2) is 17.6 Å². The summed E-state index contributed by atoms with van der Waals surface area (Å²) < 4.78 is 16.5. The maximum atomic E-state index is 12.2. The van der Waals surface area contributed by atoms with Gasteiger partial charge >= 0.3 is 5.97 Å². The van der Waals surface area contributed by atoms with Crippen LogP contribution in [0.4, 0.5) is 5.69 Å². The zero-order valence-electron chi connectivity index (χ0n) is 12.7. The Balaban J connectivity index is 1.60. The van der Waals surface area contributed by atoms with Crippen molar-refractivity contribution in [3.63, 3.8) is 0 Å². The second kappa shape index (κ2) is 6.92. The van der Waals surface area contributed by atoms with Crippen LogP contribution in [-0.2, 0) is 9.53 Å². The van der Waals surface area contributed by atoms with E-state index in [1.54, 1.807) is 42.5 Å². The molecule has 6 nitrogen and oxygen atoms in total. The Hall–Kier alpha value is -2.54. The van der Waals surface area contributed by atoms with Crippen LogP contribution in [0.3, 0.4) is 0 Å². The molecule has 0 bridgehead atoms. The van der Waals surface area contributed by atoms with Crippen molar-refractivity contribution in [2.24, 2.45) is 0 Å². The van der Waals surface area contributed by atoms with Gasteiger partial charge in [-0.15, -0.1) is 0 Å². The van der Waals surface area contributed by atoms with Gasteiger partial charge < -0.3 is 19.5 Å². The minimum absolute atomic E-state index is 0.161. The topological polar surface area (TPSA) is 73.9 Å². The van der Waals surface area contributed by atoms with Crippen LogP contribution < -0.4 is 14.8 Å². The Morgan fingerprint density at radius 3 is 2.58 bits per heavy atom. The van der Waals surface area contributed by atoms with E-state index in [-0.39, 0.29) is 6.79 Å². The Morgan fingerprint density at radius 1 is 1.12 bits per heavy atom. The Labute approximate surface area is 146 Å². The number of halogens is 1. The summed E-state index contributed by atoms with van der Waals surface area (Å²) in [5.41, 5.74) is 0.914. The summed E-state index contributed by atoms with van der Waals surface area (Å²) in [5.74, 6) is 0.199. The molecule has 2 aromatic carbocycles. The molecule has 0 saturated carbocycles. The van der Waals surface area contributed by atoms with Gasteiger partial charge in [-0.25, -0.2) is 4.79 Å². The van der Waals surface area contributed by atoms with Gasteiger partial charge in [0.25, 0.3) is 5.91 Å². The van der Waals surface area contributed by atoms with Crippen LogP contribution in [-0.4, -0.2) is 24.8 Å². The average molecular weight is 392 g/mol. The lowest BCUT2D eigenvalue weighted by molar-refractivity contribution is -0.123. The number of esters is 1. The standard InChI is InChI=1S/C17H14BrNO5/c1-10(24-17(21)11-2-4-12(18)5-3-11)16(20)19-13-6-7-14-15(8-13)23-9-22-14/h2-8,10H,9H2,1H3,(H,19,20)/t10-/m0/s1. The summed E-state index contributed by atoms with van der Waals surface area (Å²) in [5, 5.41) is 2.68. The minimum atomic E-state index is -0.938. The molecule has 2 aromatic rings. The molecule has 124 valence electrons. The third kappa shape index (κ3) is 3.68. The molecule has 0 fully saturated rings. The van der Waals surface area contributed by atoms with Gasteiger partial charge in [0, 0.05) is 16.2 Å². The first-order valence-corrected chi connectivity index (χ1v) is 7.99. The maximum Gasteiger partial charge on any atom is 0.338 e. The number of fused-ring (bicyclic) bond motifs is 1. The zero-order chi connectivity index (χ0) is 17.1. The fourth-order valence-corrected chi connectivity index (χ4v) is 2.35. The molecule has 0 radical (unpaired) electrons. The third-order valence-corrected chi connectivity index (χ3v) is 3.90. The number of ether oxygens (including phenoxy) is 3. The number of carbonyl (C=O) groups excluding carboxylic acids is 2. The Morgan fingerprint density at radius 2 is 1.83 bits per heavy atom. The number of nitrogens with one attached hydrogen (secondary N) is 1. The molecule has 0 spiro atoms. The number of anilines is 1. The van der Waals surface area contributed by atoms with Crippen molar-refractivity contribution in [3.8, 4) is 11.5 Å². The summed E-state index contributed by atoms with van der Waals surface area (Å²) in [6.45, 7) is 1.67. The number of rotatable bonds is 4. The quantitative estimate of drug-likeness (QED) is 0.808. The van der Waals surface area contributed by atoms with Gasteiger partial charge in [-0.2, -0.15) is 0 Å². The first kappa shape index (κ1) is 16.3. The molecule has 3 rings (SSSR count). The highest BCUT2D eigenvalue weighted by molar-refractivity contribution is 9.10. The number of amides is 1. The molecular weight excluding hydrogens is 378 g/mol. The van der Waals surface area contributed by atoms with E-state index in [0.717, 1.165) is 4.47 Å². The van der Waals surface area contributed by atoms with E-state index in [0.29, 0.717) is 22.7 Å². The minimum Gasteiger partial charge on any atom is -0.454 e. The van der Waals surface area contributed by atoms with Gasteiger partial charge in [0.1, 0.15) is 0 Å². The van der Waals surface area contributed by atoms with Crippen molar-refractivity contribution in [2.75, 3.05) is 12.1 Å². The zero-order valence-corrected chi connectivity index (χ0v) is 14.3. The van der Waals surface area contributed by atoms with Crippen molar-refractivity contribution >= 4 is 33.5 Å². The summed E-state index contributed by atoms with van der Waals surface area (Å²) in [6.07, 6.45) is -0.938. The van der Waals surface area contributed by atoms with E-state index in [9.17, 15) is 9.59 Å². The van der Waals surface area contributed by atoms with Crippen molar-refractivity contribution in [3.05, 3.63) is 52.5 Å². The fourth-order valence-electron chi connectivity index (χ4n) is 2.09. The SMILES string of the molecule is C[C@H](OC(=O)c1ccc(Br)cc1)C(=O)Nc1ccc2c(c1)OCO2. The lowest BCUT2D eigenvalue weighted by Gasteiger charge is -2.14. The van der Waals surface area contributed by atoms with E-state index in [2.05, 4.69) is 21.2 Å². The number of hydrogen-bond acceptors (Lipinski definition) is 5. The number of carbonyl (C=O) groups is 2. The lowest BCUT2D eigenvalue weighted by Crippen LogP contribution is -2.30. The molecular formula is C17H14BrNO5. The van der Waals surface area contributed by atoms with Crippen LogP contribution in [0.15, 0.2) is 46.9 Å². The average Bonchev–Trinajstić information content (AvgIpc) is 3.03. The largest absolute Gasteiger partial charge is 0.454 e. The third-order valence-electron chi connectivity index (χ3n) is 3.37. The first-order valence-electron chi connectivity index (χ1n) is 7.20. The number of hydrogen-bond donors (Lipinski definition) is 1. The molecule has 1 amide bonds. The van der Waals surface area contributed by atoms with Crippen LogP contribution in [0.2, 0.25) is 0 Å². The highest BCUT2D eigenvalue weighted by Crippen LogP contribution is 2.34. The van der Waals surface area contributed by atoms with E-state index in [1.807, 2.05) is 0 Å². The number of benzene rings is 2. The molecule has 24 heavy (non-hydrogen) atoms. The van der Waals surface area contributed by atoms with Crippen LogP contribution in [0, 0.1) is 0 Å². The molecule has 1 aliphatic heterocycles. The van der Waals surface area contributed by atoms with Gasteiger partial charge in [-0.1, -0.05) is 15.9 Å². The first-order chi connectivity index (χ1) is 11.5. The predicted molar refractivity (Wildman–Crippen MR) is 90.2 cm³/mol. The molecule has 1 atom stereocenters. The van der Waals surface area contributed by atoms with Crippen molar-refractivity contribution < 1.29 is 23.8 Å². The smallest absolute Gasteiger partial charge is 0.338 e. The van der Waals surface area contributed by atoms with Crippen LogP contribution in [0.5, 0.6) is 11.5 Å². The second-order valence-electron chi connectivity index (χ2n) is 5.11. The van der Waals surface area contributed by atoms with Gasteiger partial charge in [0.2, 0.25) is 6.79 Å². The lowest BCUT2D eigenvalue weighted by atomic mass is 10.2. The van der Waals surface area contributed by atoms with E-state index in [4.69, 9.17) is 14.2 Å². The molecule has 1 heterocycles. The monoisotopic (exact) mass is 391 g/mol. The highest BCUT2D eigenvalue weighted by atomic mass is 79.9. The molecule has 0 aromatic heterocycles. The van der Waals surface area contributed by atoms with Gasteiger partial charge in [-0.3, -0.25) is 4.79 Å². The van der Waals surface area contributed by atoms with E-state index < -0.39 is 18.0 Å². The van der Waals surface area contributed by atoms with E-state index in [1.165, 1.54) is 6.92 Å². The summed E-state index contributed by atoms with van der Waals surface area (Å²) in [6, 6.07) is 11.8. The van der Waals surface area contributed by atoms with Gasteiger partial charge in [-0.05, 0) is 43.3 Å².